The summed E-state index contributed by atoms with van der Waals surface area (Å²) in [4.78, 5) is 11.5. The summed E-state index contributed by atoms with van der Waals surface area (Å²) in [6.07, 6.45) is 1.91. The van der Waals surface area contributed by atoms with Crippen LogP contribution < -0.4 is 5.32 Å². The zero-order chi connectivity index (χ0) is 17.7. The first kappa shape index (κ1) is 22.2. The number of hydrogen-bond acceptors (Lipinski definition) is 3. The van der Waals surface area contributed by atoms with Crippen molar-refractivity contribution in [2.45, 2.75) is 39.8 Å². The first-order valence-electron chi connectivity index (χ1n) is 8.15. The van der Waals surface area contributed by atoms with E-state index in [4.69, 9.17) is 16.6 Å². The number of rotatable bonds is 6. The average molecular weight is 496 g/mol. The van der Waals surface area contributed by atoms with Crippen molar-refractivity contribution in [3.63, 3.8) is 0 Å². The molecule has 0 bridgehead atoms. The van der Waals surface area contributed by atoms with Gasteiger partial charge in [0.2, 0.25) is 0 Å². The maximum Gasteiger partial charge on any atom is 0.194 e. The molecule has 0 aliphatic carbocycles. The Kier molecular flexibility index (Phi) is 9.23. The molecule has 1 N–H and O–H groups in total. The normalized spacial score (nSPS) is 11.6. The summed E-state index contributed by atoms with van der Waals surface area (Å²) < 4.78 is 2.04. The summed E-state index contributed by atoms with van der Waals surface area (Å²) in [5.41, 5.74) is 2.17. The molecule has 0 aliphatic heterocycles. The van der Waals surface area contributed by atoms with E-state index in [9.17, 15) is 0 Å². The zero-order valence-corrected chi connectivity index (χ0v) is 19.3. The SMILES string of the molecule is CCNC(=NCc1csc(C(C)C)n1)N(C)Cc1cc(Cl)cn1C.I. The van der Waals surface area contributed by atoms with Crippen LogP contribution in [0.25, 0.3) is 0 Å². The van der Waals surface area contributed by atoms with E-state index in [1.54, 1.807) is 11.3 Å². The standard InChI is InChI=1S/C17H26ClN5S.HI/c1-6-19-17(20-8-14-11-24-16(21-14)12(2)3)23(5)10-15-7-13(18)9-22(15)4;/h7,9,11-12H,6,8,10H2,1-5H3,(H,19,20);1H. The van der Waals surface area contributed by atoms with Crippen molar-refractivity contribution in [2.24, 2.45) is 12.0 Å². The lowest BCUT2D eigenvalue weighted by Gasteiger charge is -2.22. The fourth-order valence-corrected chi connectivity index (χ4v) is 3.43. The molecule has 0 unspecified atom stereocenters. The molecule has 0 fully saturated rings. The number of thiazole rings is 1. The monoisotopic (exact) mass is 495 g/mol. The van der Waals surface area contributed by atoms with Crippen molar-refractivity contribution in [1.82, 2.24) is 19.8 Å². The van der Waals surface area contributed by atoms with E-state index in [1.165, 1.54) is 0 Å². The first-order chi connectivity index (χ1) is 11.4. The topological polar surface area (TPSA) is 45.5 Å². The summed E-state index contributed by atoms with van der Waals surface area (Å²) in [5.74, 6) is 1.33. The summed E-state index contributed by atoms with van der Waals surface area (Å²) in [6.45, 7) is 8.55. The van der Waals surface area contributed by atoms with Crippen LogP contribution in [0.4, 0.5) is 0 Å². The fourth-order valence-electron chi connectivity index (χ4n) is 2.33. The summed E-state index contributed by atoms with van der Waals surface area (Å²) in [5, 5.41) is 7.35. The summed E-state index contributed by atoms with van der Waals surface area (Å²) in [7, 11) is 4.03. The van der Waals surface area contributed by atoms with Gasteiger partial charge in [-0.25, -0.2) is 9.98 Å². The van der Waals surface area contributed by atoms with Crippen LogP contribution >= 0.6 is 46.9 Å². The Hall–Kier alpha value is -0.800. The maximum absolute atomic E-state index is 6.07. The molecule has 0 atom stereocenters. The van der Waals surface area contributed by atoms with Gasteiger partial charge in [0.15, 0.2) is 5.96 Å². The largest absolute Gasteiger partial charge is 0.357 e. The molecule has 0 spiro atoms. The number of guanidine groups is 1. The van der Waals surface area contributed by atoms with Crippen LogP contribution in [0.15, 0.2) is 22.6 Å². The van der Waals surface area contributed by atoms with E-state index in [2.05, 4.69) is 41.4 Å². The molecular weight excluding hydrogens is 469 g/mol. The lowest BCUT2D eigenvalue weighted by Crippen LogP contribution is -2.38. The van der Waals surface area contributed by atoms with Gasteiger partial charge in [0.05, 0.1) is 28.8 Å². The maximum atomic E-state index is 6.07. The second-order valence-corrected chi connectivity index (χ2v) is 7.44. The summed E-state index contributed by atoms with van der Waals surface area (Å²) >= 11 is 7.77. The molecule has 8 heteroatoms. The number of aromatic nitrogens is 2. The van der Waals surface area contributed by atoms with Gasteiger partial charge in [-0.15, -0.1) is 35.3 Å². The Morgan fingerprint density at radius 3 is 2.72 bits per heavy atom. The molecule has 0 radical (unpaired) electrons. The van der Waals surface area contributed by atoms with Gasteiger partial charge in [0.1, 0.15) is 0 Å². The van der Waals surface area contributed by atoms with Gasteiger partial charge in [-0.3, -0.25) is 0 Å². The van der Waals surface area contributed by atoms with Crippen LogP contribution in [0.3, 0.4) is 0 Å². The smallest absolute Gasteiger partial charge is 0.194 e. The Morgan fingerprint density at radius 1 is 1.48 bits per heavy atom. The van der Waals surface area contributed by atoms with Crippen LogP contribution in [0.1, 0.15) is 43.1 Å². The minimum atomic E-state index is 0. The number of hydrogen-bond donors (Lipinski definition) is 1. The van der Waals surface area contributed by atoms with Gasteiger partial charge >= 0.3 is 0 Å². The third kappa shape index (κ3) is 6.45. The molecule has 2 heterocycles. The van der Waals surface area contributed by atoms with Crippen LogP contribution in [0.5, 0.6) is 0 Å². The van der Waals surface area contributed by atoms with Crippen molar-refractivity contribution in [2.75, 3.05) is 13.6 Å². The second kappa shape index (κ2) is 10.4. The van der Waals surface area contributed by atoms with Crippen LogP contribution in [0.2, 0.25) is 5.02 Å². The van der Waals surface area contributed by atoms with Crippen LogP contribution in [0, 0.1) is 0 Å². The Labute approximate surface area is 176 Å². The van der Waals surface area contributed by atoms with Gasteiger partial charge in [0, 0.05) is 43.8 Å². The molecule has 5 nitrogen and oxygen atoms in total. The third-order valence-electron chi connectivity index (χ3n) is 3.62. The van der Waals surface area contributed by atoms with Gasteiger partial charge in [0.25, 0.3) is 0 Å². The number of nitrogens with one attached hydrogen (secondary N) is 1. The highest BCUT2D eigenvalue weighted by Crippen LogP contribution is 2.19. The third-order valence-corrected chi connectivity index (χ3v) is 5.03. The number of halogens is 2. The molecule has 2 aromatic heterocycles. The van der Waals surface area contributed by atoms with E-state index < -0.39 is 0 Å². The highest BCUT2D eigenvalue weighted by molar-refractivity contribution is 14.0. The number of nitrogens with zero attached hydrogens (tertiary/aromatic N) is 4. The molecule has 0 aliphatic rings. The van der Waals surface area contributed by atoms with Crippen molar-refractivity contribution in [3.8, 4) is 0 Å². The molecule has 140 valence electrons. The fraction of sp³-hybridized carbons (Fsp3) is 0.529. The minimum Gasteiger partial charge on any atom is -0.357 e. The predicted octanol–water partition coefficient (Wildman–Crippen LogP) is 4.47. The van der Waals surface area contributed by atoms with Gasteiger partial charge in [-0.2, -0.15) is 0 Å². The average Bonchev–Trinajstić information content (AvgIpc) is 3.10. The number of aryl methyl sites for hydroxylation is 1. The van der Waals surface area contributed by atoms with E-state index in [0.717, 1.165) is 40.5 Å². The molecule has 2 rings (SSSR count). The lowest BCUT2D eigenvalue weighted by molar-refractivity contribution is 0.461. The van der Waals surface area contributed by atoms with Crippen molar-refractivity contribution in [1.29, 1.82) is 0 Å². The zero-order valence-electron chi connectivity index (χ0n) is 15.4. The van der Waals surface area contributed by atoms with E-state index in [-0.39, 0.29) is 24.0 Å². The molecule has 2 aromatic rings. The van der Waals surface area contributed by atoms with Crippen molar-refractivity contribution < 1.29 is 0 Å². The Bertz CT molecular complexity index is 695. The van der Waals surface area contributed by atoms with Gasteiger partial charge in [-0.05, 0) is 13.0 Å². The van der Waals surface area contributed by atoms with Crippen LogP contribution in [-0.2, 0) is 20.1 Å². The first-order valence-corrected chi connectivity index (χ1v) is 9.41. The molecule has 0 amide bonds. The Balaban J connectivity index is 0.00000312. The molecule has 0 saturated heterocycles. The molecule has 25 heavy (non-hydrogen) atoms. The number of aliphatic imine (C=N–C) groups is 1. The molecular formula is C17H27ClIN5S. The van der Waals surface area contributed by atoms with Gasteiger partial charge < -0.3 is 14.8 Å². The second-order valence-electron chi connectivity index (χ2n) is 6.12. The van der Waals surface area contributed by atoms with E-state index >= 15 is 0 Å². The minimum absolute atomic E-state index is 0. The van der Waals surface area contributed by atoms with Crippen molar-refractivity contribution >= 4 is 52.9 Å². The highest BCUT2D eigenvalue weighted by atomic mass is 127. The predicted molar refractivity (Wildman–Crippen MR) is 118 cm³/mol. The van der Waals surface area contributed by atoms with Crippen molar-refractivity contribution in [3.05, 3.63) is 39.1 Å². The summed E-state index contributed by atoms with van der Waals surface area (Å²) in [6, 6.07) is 1.98. The Morgan fingerprint density at radius 2 is 2.20 bits per heavy atom. The highest BCUT2D eigenvalue weighted by Gasteiger charge is 2.11. The quantitative estimate of drug-likeness (QED) is 0.365. The van der Waals surface area contributed by atoms with Crippen LogP contribution in [-0.4, -0.2) is 34.0 Å². The van der Waals surface area contributed by atoms with E-state index in [1.807, 2.05) is 30.9 Å². The van der Waals surface area contributed by atoms with E-state index in [0.29, 0.717) is 12.5 Å². The molecule has 0 aromatic carbocycles. The van der Waals surface area contributed by atoms with Gasteiger partial charge in [-0.1, -0.05) is 25.4 Å². The lowest BCUT2D eigenvalue weighted by atomic mass is 10.2. The molecule has 0 saturated carbocycles.